The predicted molar refractivity (Wildman–Crippen MR) is 43.6 cm³/mol. The van der Waals surface area contributed by atoms with Gasteiger partial charge in [0.1, 0.15) is 6.42 Å². The summed E-state index contributed by atoms with van der Waals surface area (Å²) < 4.78 is 5.06. The van der Waals surface area contributed by atoms with Crippen molar-refractivity contribution < 1.29 is 14.3 Å². The largest absolute Gasteiger partial charge is 0.380 e. The van der Waals surface area contributed by atoms with Gasteiger partial charge in [-0.3, -0.25) is 9.59 Å². The minimum Gasteiger partial charge on any atom is -0.380 e. The predicted octanol–water partition coefficient (Wildman–Crippen LogP) is -1.28. The van der Waals surface area contributed by atoms with Gasteiger partial charge in [0.05, 0.1) is 18.6 Å². The van der Waals surface area contributed by atoms with Crippen LogP contribution in [-0.4, -0.2) is 43.0 Å². The van der Waals surface area contributed by atoms with Crippen LogP contribution in [0.3, 0.4) is 0 Å². The normalized spacial score (nSPS) is 23.5. The van der Waals surface area contributed by atoms with Crippen LogP contribution in [0.5, 0.6) is 0 Å². The Balaban J connectivity index is 1.79. The van der Waals surface area contributed by atoms with Gasteiger partial charge in [-0.25, -0.2) is 0 Å². The lowest BCUT2D eigenvalue weighted by atomic mass is 9.78. The van der Waals surface area contributed by atoms with Crippen molar-refractivity contribution in [1.82, 2.24) is 4.90 Å². The molecular formula is C8H12N2O3. The van der Waals surface area contributed by atoms with Gasteiger partial charge < -0.3 is 15.4 Å². The molecule has 2 heterocycles. The molecular weight excluding hydrogens is 172 g/mol. The Hall–Kier alpha value is -1.10. The first-order valence-electron chi connectivity index (χ1n) is 4.25. The number of primary amides is 1. The zero-order chi connectivity index (χ0) is 9.47. The minimum atomic E-state index is -0.559. The molecule has 2 fully saturated rings. The summed E-state index contributed by atoms with van der Waals surface area (Å²) >= 11 is 0. The Bertz CT molecular complexity index is 252. The zero-order valence-electron chi connectivity index (χ0n) is 7.28. The SMILES string of the molecule is NC(=O)CC(=O)N1CC2(COC2)C1. The van der Waals surface area contributed by atoms with E-state index in [0.29, 0.717) is 0 Å². The van der Waals surface area contributed by atoms with Gasteiger partial charge in [-0.2, -0.15) is 0 Å². The van der Waals surface area contributed by atoms with Crippen molar-refractivity contribution in [2.75, 3.05) is 26.3 Å². The minimum absolute atomic E-state index is 0.162. The van der Waals surface area contributed by atoms with Crippen LogP contribution in [0.25, 0.3) is 0 Å². The van der Waals surface area contributed by atoms with E-state index in [4.69, 9.17) is 10.5 Å². The van der Waals surface area contributed by atoms with Gasteiger partial charge >= 0.3 is 0 Å². The van der Waals surface area contributed by atoms with Gasteiger partial charge in [0, 0.05) is 13.1 Å². The highest BCUT2D eigenvalue weighted by Gasteiger charge is 2.50. The van der Waals surface area contributed by atoms with Crippen LogP contribution >= 0.6 is 0 Å². The number of hydrogen-bond donors (Lipinski definition) is 1. The molecule has 2 saturated heterocycles. The van der Waals surface area contributed by atoms with Crippen molar-refractivity contribution in [2.45, 2.75) is 6.42 Å². The molecule has 2 N–H and O–H groups in total. The van der Waals surface area contributed by atoms with Crippen LogP contribution in [0.4, 0.5) is 0 Å². The molecule has 1 spiro atoms. The molecule has 2 rings (SSSR count). The van der Waals surface area contributed by atoms with E-state index in [1.54, 1.807) is 4.90 Å². The van der Waals surface area contributed by atoms with Crippen LogP contribution in [0.15, 0.2) is 0 Å². The summed E-state index contributed by atoms with van der Waals surface area (Å²) in [4.78, 5) is 23.4. The van der Waals surface area contributed by atoms with Crippen molar-refractivity contribution in [3.8, 4) is 0 Å². The van der Waals surface area contributed by atoms with Crippen molar-refractivity contribution in [1.29, 1.82) is 0 Å². The molecule has 13 heavy (non-hydrogen) atoms. The van der Waals surface area contributed by atoms with Crippen LogP contribution < -0.4 is 5.73 Å². The Labute approximate surface area is 75.8 Å². The monoisotopic (exact) mass is 184 g/mol. The van der Waals surface area contributed by atoms with Gasteiger partial charge in [0.15, 0.2) is 0 Å². The molecule has 0 aromatic carbocycles. The Morgan fingerprint density at radius 2 is 2.00 bits per heavy atom. The first kappa shape index (κ1) is 8.50. The molecule has 0 radical (unpaired) electrons. The molecule has 5 heteroatoms. The van der Waals surface area contributed by atoms with Crippen LogP contribution in [0, 0.1) is 5.41 Å². The summed E-state index contributed by atoms with van der Waals surface area (Å²) in [6.07, 6.45) is -0.170. The second-order valence-corrected chi connectivity index (χ2v) is 3.89. The lowest BCUT2D eigenvalue weighted by Crippen LogP contribution is -2.67. The van der Waals surface area contributed by atoms with Gasteiger partial charge in [-0.05, 0) is 0 Å². The third kappa shape index (κ3) is 1.39. The highest BCUT2D eigenvalue weighted by molar-refractivity contribution is 5.96. The molecule has 0 saturated carbocycles. The van der Waals surface area contributed by atoms with E-state index < -0.39 is 5.91 Å². The molecule has 0 atom stereocenters. The third-order valence-electron chi connectivity index (χ3n) is 2.55. The fourth-order valence-electron chi connectivity index (χ4n) is 1.77. The molecule has 2 aliphatic heterocycles. The van der Waals surface area contributed by atoms with Crippen LogP contribution in [-0.2, 0) is 14.3 Å². The number of rotatable bonds is 2. The summed E-state index contributed by atoms with van der Waals surface area (Å²) in [7, 11) is 0. The highest BCUT2D eigenvalue weighted by atomic mass is 16.5. The second kappa shape index (κ2) is 2.70. The first-order chi connectivity index (χ1) is 6.11. The molecule has 0 unspecified atom stereocenters. The second-order valence-electron chi connectivity index (χ2n) is 3.89. The van der Waals surface area contributed by atoms with E-state index in [9.17, 15) is 9.59 Å². The van der Waals surface area contributed by atoms with Crippen molar-refractivity contribution in [3.05, 3.63) is 0 Å². The summed E-state index contributed by atoms with van der Waals surface area (Å²) in [5, 5.41) is 0. The number of ether oxygens (including phenoxy) is 1. The van der Waals surface area contributed by atoms with Gasteiger partial charge in [0.25, 0.3) is 0 Å². The molecule has 5 nitrogen and oxygen atoms in total. The smallest absolute Gasteiger partial charge is 0.232 e. The summed E-state index contributed by atoms with van der Waals surface area (Å²) in [6.45, 7) is 2.93. The van der Waals surface area contributed by atoms with Crippen LogP contribution in [0.2, 0.25) is 0 Å². The molecule has 0 aliphatic carbocycles. The highest BCUT2D eigenvalue weighted by Crippen LogP contribution is 2.37. The van der Waals surface area contributed by atoms with E-state index in [0.717, 1.165) is 26.3 Å². The number of nitrogens with two attached hydrogens (primary N) is 1. The van der Waals surface area contributed by atoms with E-state index in [1.165, 1.54) is 0 Å². The maximum Gasteiger partial charge on any atom is 0.232 e. The van der Waals surface area contributed by atoms with E-state index in [2.05, 4.69) is 0 Å². The van der Waals surface area contributed by atoms with E-state index in [1.807, 2.05) is 0 Å². The maximum atomic E-state index is 11.2. The molecule has 2 amide bonds. The van der Waals surface area contributed by atoms with Gasteiger partial charge in [-0.15, -0.1) is 0 Å². The lowest BCUT2D eigenvalue weighted by Gasteiger charge is -2.54. The van der Waals surface area contributed by atoms with Crippen molar-refractivity contribution in [2.24, 2.45) is 11.1 Å². The number of carbonyl (C=O) groups excluding carboxylic acids is 2. The Morgan fingerprint density at radius 1 is 1.38 bits per heavy atom. The number of hydrogen-bond acceptors (Lipinski definition) is 3. The molecule has 0 aromatic heterocycles. The average Bonchev–Trinajstić information content (AvgIpc) is 1.77. The average molecular weight is 184 g/mol. The van der Waals surface area contributed by atoms with Crippen molar-refractivity contribution in [3.63, 3.8) is 0 Å². The van der Waals surface area contributed by atoms with E-state index >= 15 is 0 Å². The summed E-state index contributed by atoms with van der Waals surface area (Å²) in [5.41, 5.74) is 5.13. The first-order valence-corrected chi connectivity index (χ1v) is 4.25. The van der Waals surface area contributed by atoms with Crippen molar-refractivity contribution >= 4 is 11.8 Å². The molecule has 0 bridgehead atoms. The number of likely N-dealkylation sites (tertiary alicyclic amines) is 1. The lowest BCUT2D eigenvalue weighted by molar-refractivity contribution is -0.195. The van der Waals surface area contributed by atoms with Gasteiger partial charge in [0.2, 0.25) is 11.8 Å². The number of nitrogens with zero attached hydrogens (tertiary/aromatic N) is 1. The maximum absolute atomic E-state index is 11.2. The molecule has 0 aromatic rings. The standard InChI is InChI=1S/C8H12N2O3/c9-6(11)1-7(12)10-2-8(3-10)4-13-5-8/h1-5H2,(H2,9,11). The number of carbonyl (C=O) groups is 2. The Kier molecular flexibility index (Phi) is 1.76. The number of amides is 2. The summed E-state index contributed by atoms with van der Waals surface area (Å²) in [5.74, 6) is -0.721. The topological polar surface area (TPSA) is 72.6 Å². The van der Waals surface area contributed by atoms with Crippen LogP contribution in [0.1, 0.15) is 6.42 Å². The summed E-state index contributed by atoms with van der Waals surface area (Å²) in [6, 6.07) is 0. The third-order valence-corrected chi connectivity index (χ3v) is 2.55. The van der Waals surface area contributed by atoms with E-state index in [-0.39, 0.29) is 17.7 Å². The fourth-order valence-corrected chi connectivity index (χ4v) is 1.77. The van der Waals surface area contributed by atoms with Gasteiger partial charge in [-0.1, -0.05) is 0 Å². The molecule has 2 aliphatic rings. The fraction of sp³-hybridized carbons (Fsp3) is 0.750. The quantitative estimate of drug-likeness (QED) is 0.543. The Morgan fingerprint density at radius 3 is 2.38 bits per heavy atom. The zero-order valence-corrected chi connectivity index (χ0v) is 7.28. The molecule has 72 valence electrons.